The van der Waals surface area contributed by atoms with Gasteiger partial charge in [-0.1, -0.05) is 11.8 Å². The van der Waals surface area contributed by atoms with E-state index in [1.807, 2.05) is 48.2 Å². The average Bonchev–Trinajstić information content (AvgIpc) is 3.29. The number of hydrogen-bond acceptors (Lipinski definition) is 6. The molecule has 1 aromatic rings. The van der Waals surface area contributed by atoms with Crippen LogP contribution in [0.5, 0.6) is 0 Å². The molecule has 0 unspecified atom stereocenters. The van der Waals surface area contributed by atoms with Gasteiger partial charge in [-0.25, -0.2) is 8.42 Å². The number of sulfone groups is 1. The molecule has 3 aliphatic rings. The number of aliphatic imine (C=N–C) groups is 1. The summed E-state index contributed by atoms with van der Waals surface area (Å²) in [6.07, 6.45) is 1.09. The molecule has 4 rings (SSSR count). The highest BCUT2D eigenvalue weighted by molar-refractivity contribution is 8.16. The van der Waals surface area contributed by atoms with Crippen LogP contribution in [-0.2, 0) is 19.4 Å². The molecule has 0 aromatic heterocycles. The predicted octanol–water partition coefficient (Wildman–Crippen LogP) is 1.53. The van der Waals surface area contributed by atoms with E-state index in [1.54, 1.807) is 0 Å². The molecule has 0 saturated carbocycles. The first-order chi connectivity index (χ1) is 12.8. The number of rotatable bonds is 3. The molecule has 3 atom stereocenters. The summed E-state index contributed by atoms with van der Waals surface area (Å²) in [7, 11) is 0.861. The zero-order valence-electron chi connectivity index (χ0n) is 15.4. The maximum Gasteiger partial charge on any atom is 0.277 e. The average molecular weight is 410 g/mol. The third-order valence-corrected chi connectivity index (χ3v) is 8.33. The van der Waals surface area contributed by atoms with E-state index in [0.29, 0.717) is 18.2 Å². The van der Waals surface area contributed by atoms with Crippen molar-refractivity contribution in [1.82, 2.24) is 0 Å². The van der Waals surface area contributed by atoms with Gasteiger partial charge in [-0.3, -0.25) is 4.79 Å². The molecule has 146 valence electrons. The minimum absolute atomic E-state index is 0.0905. The highest BCUT2D eigenvalue weighted by atomic mass is 32.2. The van der Waals surface area contributed by atoms with Gasteiger partial charge in [0.2, 0.25) is 0 Å². The predicted molar refractivity (Wildman–Crippen MR) is 108 cm³/mol. The molecule has 7 nitrogen and oxygen atoms in total. The lowest BCUT2D eigenvalue weighted by molar-refractivity contribution is -0.126. The summed E-state index contributed by atoms with van der Waals surface area (Å²) >= 11 is 1.39. The van der Waals surface area contributed by atoms with Crippen LogP contribution in [0.4, 0.5) is 11.4 Å². The zero-order valence-corrected chi connectivity index (χ0v) is 17.0. The number of carbonyl (C=O) groups is 1. The van der Waals surface area contributed by atoms with Crippen molar-refractivity contribution in [3.05, 3.63) is 24.3 Å². The van der Waals surface area contributed by atoms with Crippen LogP contribution in [0.2, 0.25) is 0 Å². The summed E-state index contributed by atoms with van der Waals surface area (Å²) in [5.74, 6) is -0.0534. The fraction of sp³-hybridized carbons (Fsp3) is 0.556. The third-order valence-electron chi connectivity index (χ3n) is 5.12. The van der Waals surface area contributed by atoms with Gasteiger partial charge >= 0.3 is 0 Å². The lowest BCUT2D eigenvalue weighted by atomic mass is 10.2. The number of benzene rings is 1. The summed E-state index contributed by atoms with van der Waals surface area (Å²) in [6.45, 7) is 0.591. The number of thioether (sulfide) groups is 1. The van der Waals surface area contributed by atoms with Crippen LogP contribution < -0.4 is 9.80 Å². The molecular weight excluding hydrogens is 386 g/mol. The third kappa shape index (κ3) is 3.72. The molecule has 9 heteroatoms. The van der Waals surface area contributed by atoms with Gasteiger partial charge in [-0.05, 0) is 37.1 Å². The minimum atomic E-state index is -3.07. The van der Waals surface area contributed by atoms with E-state index in [2.05, 4.69) is 4.99 Å². The van der Waals surface area contributed by atoms with Gasteiger partial charge in [0.05, 0.1) is 17.5 Å². The van der Waals surface area contributed by atoms with Crippen LogP contribution in [0.3, 0.4) is 0 Å². The van der Waals surface area contributed by atoms with Crippen molar-refractivity contribution in [2.24, 2.45) is 4.99 Å². The highest BCUT2D eigenvalue weighted by Crippen LogP contribution is 2.41. The summed E-state index contributed by atoms with van der Waals surface area (Å²) in [5.41, 5.74) is 1.91. The molecule has 3 fully saturated rings. The van der Waals surface area contributed by atoms with Crippen LogP contribution >= 0.6 is 11.8 Å². The SMILES string of the molecule is CN(C)c1ccc(N2C(=NC(=O)[C@@H]3CCCO3)S[C@H]3CS(=O)(=O)C[C@H]32)cc1. The van der Waals surface area contributed by atoms with Gasteiger partial charge in [0.25, 0.3) is 5.91 Å². The Labute approximate surface area is 163 Å². The lowest BCUT2D eigenvalue weighted by Gasteiger charge is -2.25. The standard InChI is InChI=1S/C18H23N3O4S2/c1-20(2)12-5-7-13(8-6-12)21-14-10-27(23,24)11-16(14)26-18(21)19-17(22)15-4-3-9-25-15/h5-8,14-16H,3-4,9-11H2,1-2H3/t14-,15+,16+/m1/s1. The van der Waals surface area contributed by atoms with E-state index in [-0.39, 0.29) is 28.7 Å². The molecule has 0 radical (unpaired) electrons. The maximum atomic E-state index is 12.5. The van der Waals surface area contributed by atoms with Crippen molar-refractivity contribution in [2.75, 3.05) is 42.0 Å². The number of ether oxygens (including phenoxy) is 1. The van der Waals surface area contributed by atoms with Crippen molar-refractivity contribution in [1.29, 1.82) is 0 Å². The summed E-state index contributed by atoms with van der Waals surface area (Å²) in [5, 5.41) is 0.484. The fourth-order valence-electron chi connectivity index (χ4n) is 3.72. The topological polar surface area (TPSA) is 79.3 Å². The number of amides is 1. The summed E-state index contributed by atoms with van der Waals surface area (Å²) in [4.78, 5) is 20.8. The van der Waals surface area contributed by atoms with Crippen molar-refractivity contribution < 1.29 is 17.9 Å². The Balaban J connectivity index is 1.66. The van der Waals surface area contributed by atoms with Crippen LogP contribution in [0.15, 0.2) is 29.3 Å². The first kappa shape index (κ1) is 18.8. The molecular formula is C18H23N3O4S2. The molecule has 0 bridgehead atoms. The first-order valence-corrected chi connectivity index (χ1v) is 11.7. The quantitative estimate of drug-likeness (QED) is 0.749. The second-order valence-corrected chi connectivity index (χ2v) is 10.7. The van der Waals surface area contributed by atoms with Gasteiger partial charge in [-0.15, -0.1) is 0 Å². The Morgan fingerprint density at radius 3 is 2.63 bits per heavy atom. The number of hydrogen-bond donors (Lipinski definition) is 0. The molecule has 3 aliphatic heterocycles. The molecule has 0 spiro atoms. The highest BCUT2D eigenvalue weighted by Gasteiger charge is 2.49. The maximum absolute atomic E-state index is 12.5. The van der Waals surface area contributed by atoms with E-state index in [1.165, 1.54) is 11.8 Å². The van der Waals surface area contributed by atoms with Crippen LogP contribution in [0.1, 0.15) is 12.8 Å². The Bertz CT molecular complexity index is 861. The molecule has 27 heavy (non-hydrogen) atoms. The van der Waals surface area contributed by atoms with E-state index in [4.69, 9.17) is 4.74 Å². The fourth-order valence-corrected chi connectivity index (χ4v) is 7.64. The molecule has 0 aliphatic carbocycles. The Morgan fingerprint density at radius 2 is 2.00 bits per heavy atom. The molecule has 3 saturated heterocycles. The zero-order chi connectivity index (χ0) is 19.2. The Kier molecular flexibility index (Phi) is 4.94. The van der Waals surface area contributed by atoms with Gasteiger partial charge in [-0.2, -0.15) is 4.99 Å². The molecule has 3 heterocycles. The van der Waals surface area contributed by atoms with Crippen molar-refractivity contribution >= 4 is 44.0 Å². The second-order valence-electron chi connectivity index (χ2n) is 7.32. The number of fused-ring (bicyclic) bond motifs is 1. The summed E-state index contributed by atoms with van der Waals surface area (Å²) < 4.78 is 29.7. The smallest absolute Gasteiger partial charge is 0.277 e. The van der Waals surface area contributed by atoms with Crippen molar-refractivity contribution in [3.63, 3.8) is 0 Å². The molecule has 1 amide bonds. The van der Waals surface area contributed by atoms with Gasteiger partial charge in [0, 0.05) is 37.3 Å². The van der Waals surface area contributed by atoms with Gasteiger partial charge in [0.1, 0.15) is 6.10 Å². The van der Waals surface area contributed by atoms with Crippen molar-refractivity contribution in [2.45, 2.75) is 30.2 Å². The van der Waals surface area contributed by atoms with Crippen LogP contribution in [0.25, 0.3) is 0 Å². The Hall–Kier alpha value is -1.58. The normalized spacial score (nSPS) is 30.7. The minimum Gasteiger partial charge on any atom is -0.378 e. The van der Waals surface area contributed by atoms with E-state index >= 15 is 0 Å². The number of amidine groups is 1. The summed E-state index contributed by atoms with van der Waals surface area (Å²) in [6, 6.07) is 7.68. The second kappa shape index (κ2) is 7.10. The first-order valence-electron chi connectivity index (χ1n) is 9.02. The molecule has 0 N–H and O–H groups in total. The van der Waals surface area contributed by atoms with E-state index in [9.17, 15) is 13.2 Å². The number of nitrogens with zero attached hydrogens (tertiary/aromatic N) is 3. The number of carbonyl (C=O) groups excluding carboxylic acids is 1. The van der Waals surface area contributed by atoms with Crippen LogP contribution in [-0.4, -0.2) is 69.1 Å². The van der Waals surface area contributed by atoms with Crippen LogP contribution in [0, 0.1) is 0 Å². The lowest BCUT2D eigenvalue weighted by Crippen LogP contribution is -2.38. The number of anilines is 2. The van der Waals surface area contributed by atoms with Gasteiger partial charge < -0.3 is 14.5 Å². The van der Waals surface area contributed by atoms with E-state index < -0.39 is 15.9 Å². The van der Waals surface area contributed by atoms with Gasteiger partial charge in [0.15, 0.2) is 15.0 Å². The largest absolute Gasteiger partial charge is 0.378 e. The Morgan fingerprint density at radius 1 is 1.26 bits per heavy atom. The molecule has 1 aromatic carbocycles. The monoisotopic (exact) mass is 409 g/mol. The van der Waals surface area contributed by atoms with E-state index in [0.717, 1.165) is 17.8 Å². The van der Waals surface area contributed by atoms with Crippen molar-refractivity contribution in [3.8, 4) is 0 Å².